The van der Waals surface area contributed by atoms with E-state index in [4.69, 9.17) is 4.74 Å². The summed E-state index contributed by atoms with van der Waals surface area (Å²) >= 11 is 0. The summed E-state index contributed by atoms with van der Waals surface area (Å²) in [6.45, 7) is 3.42. The van der Waals surface area contributed by atoms with Gasteiger partial charge in [0.05, 0.1) is 11.5 Å². The monoisotopic (exact) mass is 350 g/mol. The van der Waals surface area contributed by atoms with Crippen molar-refractivity contribution in [1.82, 2.24) is 9.21 Å². The third-order valence-corrected chi connectivity index (χ3v) is 6.48. The average Bonchev–Trinajstić information content (AvgIpc) is 2.61. The molecule has 130 valence electrons. The van der Waals surface area contributed by atoms with Crippen LogP contribution in [0.5, 0.6) is 0 Å². The van der Waals surface area contributed by atoms with Crippen LogP contribution in [0.2, 0.25) is 0 Å². The number of ether oxygens (including phenoxy) is 1. The molecular weight excluding hydrogens is 328 g/mol. The average molecular weight is 350 g/mol. The van der Waals surface area contributed by atoms with Gasteiger partial charge in [0.15, 0.2) is 0 Å². The quantitative estimate of drug-likeness (QED) is 0.837. The number of rotatable bonds is 3. The maximum atomic E-state index is 12.9. The van der Waals surface area contributed by atoms with Gasteiger partial charge in [0.2, 0.25) is 10.0 Å². The van der Waals surface area contributed by atoms with Crippen molar-refractivity contribution in [2.75, 3.05) is 32.8 Å². The molecule has 1 aromatic carbocycles. The Kier molecular flexibility index (Phi) is 4.91. The summed E-state index contributed by atoms with van der Waals surface area (Å²) in [6, 6.07) is 7.87. The van der Waals surface area contributed by atoms with E-state index in [9.17, 15) is 13.2 Å². The van der Waals surface area contributed by atoms with Gasteiger partial charge in [-0.25, -0.2) is 13.2 Å². The Bertz CT molecular complexity index is 750. The maximum Gasteiger partial charge on any atom is 0.409 e. The number of nitrogens with zero attached hydrogens (tertiary/aromatic N) is 2. The molecule has 0 aromatic heterocycles. The lowest BCUT2D eigenvalue weighted by atomic mass is 9.98. The Morgan fingerprint density at radius 2 is 1.83 bits per heavy atom. The molecule has 0 spiro atoms. The molecule has 1 fully saturated rings. The molecule has 1 aliphatic heterocycles. The number of hydrogen-bond acceptors (Lipinski definition) is 4. The normalized spacial score (nSPS) is 18.7. The van der Waals surface area contributed by atoms with Crippen LogP contribution in [0.25, 0.3) is 6.08 Å². The van der Waals surface area contributed by atoms with Crippen LogP contribution in [0, 0.1) is 0 Å². The van der Waals surface area contributed by atoms with Gasteiger partial charge < -0.3 is 9.64 Å². The molecule has 1 aliphatic carbocycles. The fourth-order valence-corrected chi connectivity index (χ4v) is 4.71. The molecule has 1 amide bonds. The molecule has 1 aromatic rings. The first-order valence-electron chi connectivity index (χ1n) is 8.22. The minimum absolute atomic E-state index is 0.306. The highest BCUT2D eigenvalue weighted by molar-refractivity contribution is 7.93. The summed E-state index contributed by atoms with van der Waals surface area (Å²) in [6.07, 6.45) is 2.67. The Morgan fingerprint density at radius 3 is 2.54 bits per heavy atom. The number of amides is 1. The zero-order valence-electron chi connectivity index (χ0n) is 13.8. The van der Waals surface area contributed by atoms with Crippen molar-refractivity contribution in [1.29, 1.82) is 0 Å². The van der Waals surface area contributed by atoms with E-state index in [1.54, 1.807) is 17.9 Å². The number of sulfonamides is 1. The molecule has 6 nitrogen and oxygen atoms in total. The van der Waals surface area contributed by atoms with E-state index in [-0.39, 0.29) is 6.09 Å². The number of carbonyl (C=O) groups is 1. The van der Waals surface area contributed by atoms with Gasteiger partial charge in [0, 0.05) is 26.2 Å². The molecule has 7 heteroatoms. The first-order valence-corrected chi connectivity index (χ1v) is 9.66. The van der Waals surface area contributed by atoms with E-state index < -0.39 is 10.0 Å². The van der Waals surface area contributed by atoms with Crippen molar-refractivity contribution in [2.45, 2.75) is 19.8 Å². The predicted molar refractivity (Wildman–Crippen MR) is 91.8 cm³/mol. The van der Waals surface area contributed by atoms with Crippen LogP contribution in [-0.4, -0.2) is 56.5 Å². The number of benzene rings is 1. The summed E-state index contributed by atoms with van der Waals surface area (Å²) in [5.74, 6) is 0. The van der Waals surface area contributed by atoms with Crippen LogP contribution < -0.4 is 0 Å². The number of allylic oxidation sites excluding steroid dienone is 1. The largest absolute Gasteiger partial charge is 0.450 e. The molecule has 0 N–H and O–H groups in total. The van der Waals surface area contributed by atoms with Gasteiger partial charge in [-0.05, 0) is 37.0 Å². The second kappa shape index (κ2) is 6.94. The van der Waals surface area contributed by atoms with E-state index in [1.165, 1.54) is 9.87 Å². The molecule has 2 aliphatic rings. The Labute approximate surface area is 142 Å². The van der Waals surface area contributed by atoms with Crippen LogP contribution in [0.4, 0.5) is 4.79 Å². The third kappa shape index (κ3) is 3.32. The fraction of sp³-hybridized carbons (Fsp3) is 0.471. The molecule has 1 heterocycles. The first-order chi connectivity index (χ1) is 11.5. The molecular formula is C17H22N2O4S. The summed E-state index contributed by atoms with van der Waals surface area (Å²) in [7, 11) is -3.47. The van der Waals surface area contributed by atoms with Gasteiger partial charge in [-0.15, -0.1) is 0 Å². The highest BCUT2D eigenvalue weighted by Crippen LogP contribution is 2.29. The number of fused-ring (bicyclic) bond motifs is 1. The number of piperazine rings is 1. The highest BCUT2D eigenvalue weighted by atomic mass is 32.2. The van der Waals surface area contributed by atoms with Crippen molar-refractivity contribution in [3.8, 4) is 0 Å². The van der Waals surface area contributed by atoms with Crippen molar-refractivity contribution >= 4 is 22.2 Å². The minimum atomic E-state index is -3.47. The Balaban J connectivity index is 1.72. The molecule has 0 bridgehead atoms. The second-order valence-corrected chi connectivity index (χ2v) is 7.89. The Hall–Kier alpha value is -1.86. The lowest BCUT2D eigenvalue weighted by Gasteiger charge is -2.34. The van der Waals surface area contributed by atoms with Gasteiger partial charge in [-0.2, -0.15) is 4.31 Å². The maximum absolute atomic E-state index is 12.9. The van der Waals surface area contributed by atoms with E-state index in [0.29, 0.717) is 44.1 Å². The van der Waals surface area contributed by atoms with Crippen LogP contribution in [-0.2, 0) is 21.2 Å². The van der Waals surface area contributed by atoms with Crippen LogP contribution in [0.3, 0.4) is 0 Å². The van der Waals surface area contributed by atoms with E-state index in [0.717, 1.165) is 12.0 Å². The SMILES string of the molecule is CCOC(=O)N1CCN(S(=O)(=O)C2=Cc3ccccc3CC2)CC1. The van der Waals surface area contributed by atoms with E-state index in [1.807, 2.05) is 24.3 Å². The summed E-state index contributed by atoms with van der Waals surface area (Å²) < 4.78 is 32.2. The number of hydrogen-bond donors (Lipinski definition) is 0. The predicted octanol–water partition coefficient (Wildman–Crippen LogP) is 2.08. The molecule has 3 rings (SSSR count). The van der Waals surface area contributed by atoms with Crippen molar-refractivity contribution in [3.63, 3.8) is 0 Å². The highest BCUT2D eigenvalue weighted by Gasteiger charge is 2.32. The molecule has 1 saturated heterocycles. The smallest absolute Gasteiger partial charge is 0.409 e. The number of aryl methyl sites for hydroxylation is 1. The van der Waals surface area contributed by atoms with Crippen molar-refractivity contribution in [2.24, 2.45) is 0 Å². The molecule has 0 unspecified atom stereocenters. The Morgan fingerprint density at radius 1 is 1.12 bits per heavy atom. The number of carbonyl (C=O) groups excluding carboxylic acids is 1. The standard InChI is InChI=1S/C17H22N2O4S/c1-2-23-17(20)18-9-11-19(12-10-18)24(21,22)16-8-7-14-5-3-4-6-15(14)13-16/h3-6,13H,2,7-12H2,1H3. The van der Waals surface area contributed by atoms with Gasteiger partial charge in [-0.3, -0.25) is 0 Å². The first kappa shape index (κ1) is 17.0. The zero-order valence-corrected chi connectivity index (χ0v) is 14.6. The molecule has 0 atom stereocenters. The minimum Gasteiger partial charge on any atom is -0.450 e. The van der Waals surface area contributed by atoms with Gasteiger partial charge in [-0.1, -0.05) is 24.3 Å². The second-order valence-electron chi connectivity index (χ2n) is 5.90. The van der Waals surface area contributed by atoms with Crippen LogP contribution in [0.15, 0.2) is 29.2 Å². The van der Waals surface area contributed by atoms with Gasteiger partial charge in [0.1, 0.15) is 0 Å². The van der Waals surface area contributed by atoms with Gasteiger partial charge >= 0.3 is 6.09 Å². The zero-order chi connectivity index (χ0) is 17.2. The van der Waals surface area contributed by atoms with Gasteiger partial charge in [0.25, 0.3) is 0 Å². The summed E-state index contributed by atoms with van der Waals surface area (Å²) in [4.78, 5) is 13.7. The van der Waals surface area contributed by atoms with Crippen LogP contribution in [0.1, 0.15) is 24.5 Å². The topological polar surface area (TPSA) is 66.9 Å². The van der Waals surface area contributed by atoms with Crippen molar-refractivity contribution < 1.29 is 17.9 Å². The summed E-state index contributed by atoms with van der Waals surface area (Å²) in [5, 5.41) is 0. The van der Waals surface area contributed by atoms with Crippen LogP contribution >= 0.6 is 0 Å². The van der Waals surface area contributed by atoms with Crippen molar-refractivity contribution in [3.05, 3.63) is 40.3 Å². The van der Waals surface area contributed by atoms with E-state index >= 15 is 0 Å². The third-order valence-electron chi connectivity index (χ3n) is 4.45. The summed E-state index contributed by atoms with van der Waals surface area (Å²) in [5.41, 5.74) is 2.16. The lowest BCUT2D eigenvalue weighted by molar-refractivity contribution is 0.0935. The fourth-order valence-electron chi connectivity index (χ4n) is 3.10. The lowest BCUT2D eigenvalue weighted by Crippen LogP contribution is -2.50. The van der Waals surface area contributed by atoms with E-state index in [2.05, 4.69) is 0 Å². The molecule has 0 radical (unpaired) electrons. The molecule has 0 saturated carbocycles. The molecule has 24 heavy (non-hydrogen) atoms.